The first-order chi connectivity index (χ1) is 20.1. The molecule has 3 heterocycles. The maximum Gasteiger partial charge on any atom is 0.232 e. The predicted molar refractivity (Wildman–Crippen MR) is 163 cm³/mol. The number of alkyl halides is 1. The van der Waals surface area contributed by atoms with Gasteiger partial charge in [-0.1, -0.05) is 52.4 Å². The van der Waals surface area contributed by atoms with E-state index in [0.29, 0.717) is 12.1 Å². The van der Waals surface area contributed by atoms with E-state index in [1.54, 1.807) is 0 Å². The Balaban J connectivity index is 1.68. The molecular formula is C32H56F2N6O2. The van der Waals surface area contributed by atoms with Crippen LogP contribution in [-0.4, -0.2) is 68.5 Å². The molecule has 240 valence electrons. The first-order valence-electron chi connectivity index (χ1n) is 16.5. The number of halogens is 2. The molecule has 1 saturated heterocycles. The molecule has 7 N–H and O–H groups in total. The summed E-state index contributed by atoms with van der Waals surface area (Å²) in [4.78, 5) is 16.5. The van der Waals surface area contributed by atoms with Gasteiger partial charge in [0.2, 0.25) is 5.91 Å². The molecule has 0 aromatic carbocycles. The smallest absolute Gasteiger partial charge is 0.232 e. The number of rotatable bonds is 9. The summed E-state index contributed by atoms with van der Waals surface area (Å²) in [6.07, 6.45) is 11.1. The van der Waals surface area contributed by atoms with E-state index >= 15 is 8.78 Å². The quantitative estimate of drug-likeness (QED) is 0.252. The van der Waals surface area contributed by atoms with Gasteiger partial charge in [-0.05, 0) is 56.4 Å². The fraction of sp³-hybridized carbons (Fsp3) is 0.844. The van der Waals surface area contributed by atoms with Gasteiger partial charge in [0.1, 0.15) is 11.9 Å². The molecule has 0 aromatic rings. The molecule has 4 aliphatic rings. The summed E-state index contributed by atoms with van der Waals surface area (Å²) >= 11 is 0. The minimum Gasteiger partial charge on any atom is -0.490 e. The number of likely N-dealkylation sites (tertiary alicyclic amines) is 1. The molecule has 2 fully saturated rings. The zero-order valence-electron chi connectivity index (χ0n) is 26.2. The van der Waals surface area contributed by atoms with Crippen LogP contribution in [0.1, 0.15) is 97.3 Å². The standard InChI is InChI=1S/C32H56F2N6O2/c1-4-5-13-31(2)28(38-19-22(33)10-16-32(31)14-8-6-7-9-15-32)26(29(35)36)30(41)39-25-21-37-20-24(34)27(25)42-23-11-17-40(3)18-12-23/h19,23-24,26,28-29,37-38H,4-18,20-21,35-36H2,1-3H3,(H,39,41)/b22-19+. The van der Waals surface area contributed by atoms with Gasteiger partial charge >= 0.3 is 0 Å². The second kappa shape index (κ2) is 14.8. The monoisotopic (exact) mass is 594 g/mol. The number of nitrogens with one attached hydrogen (secondary N) is 3. The lowest BCUT2D eigenvalue weighted by Gasteiger charge is -2.56. The lowest BCUT2D eigenvalue weighted by atomic mass is 9.51. The number of amides is 1. The summed E-state index contributed by atoms with van der Waals surface area (Å²) in [7, 11) is 2.07. The van der Waals surface area contributed by atoms with Crippen molar-refractivity contribution in [2.45, 2.75) is 122 Å². The summed E-state index contributed by atoms with van der Waals surface area (Å²) in [6.45, 7) is 6.63. The van der Waals surface area contributed by atoms with Crippen molar-refractivity contribution in [2.75, 3.05) is 33.2 Å². The molecule has 4 atom stereocenters. The topological polar surface area (TPSA) is 118 Å². The average molecular weight is 595 g/mol. The second-order valence-corrected chi connectivity index (χ2v) is 13.6. The van der Waals surface area contributed by atoms with Crippen LogP contribution in [0.25, 0.3) is 0 Å². The normalized spacial score (nSPS) is 31.9. The number of allylic oxidation sites excluding steroid dienone is 1. The molecule has 8 nitrogen and oxygen atoms in total. The summed E-state index contributed by atoms with van der Waals surface area (Å²) in [6, 6.07) is -0.496. The van der Waals surface area contributed by atoms with Crippen LogP contribution in [-0.2, 0) is 9.53 Å². The van der Waals surface area contributed by atoms with Gasteiger partial charge in [0.05, 0.1) is 17.8 Å². The van der Waals surface area contributed by atoms with E-state index in [9.17, 15) is 4.79 Å². The molecule has 1 saturated carbocycles. The third kappa shape index (κ3) is 7.48. The summed E-state index contributed by atoms with van der Waals surface area (Å²) in [5.41, 5.74) is 12.8. The van der Waals surface area contributed by atoms with Crippen LogP contribution in [0.4, 0.5) is 8.78 Å². The molecular weight excluding hydrogens is 538 g/mol. The van der Waals surface area contributed by atoms with Crippen molar-refractivity contribution in [2.24, 2.45) is 28.2 Å². The van der Waals surface area contributed by atoms with E-state index < -0.39 is 24.3 Å². The molecule has 1 spiro atoms. The third-order valence-corrected chi connectivity index (χ3v) is 10.8. The lowest BCUT2D eigenvalue weighted by molar-refractivity contribution is -0.130. The molecule has 10 heteroatoms. The van der Waals surface area contributed by atoms with Crippen molar-refractivity contribution in [1.29, 1.82) is 0 Å². The van der Waals surface area contributed by atoms with Gasteiger partial charge in [-0.25, -0.2) is 8.78 Å². The largest absolute Gasteiger partial charge is 0.490 e. The van der Waals surface area contributed by atoms with Crippen LogP contribution in [0, 0.1) is 16.7 Å². The number of nitrogens with two attached hydrogens (primary N) is 2. The highest BCUT2D eigenvalue weighted by Crippen LogP contribution is 2.58. The molecule has 42 heavy (non-hydrogen) atoms. The van der Waals surface area contributed by atoms with E-state index in [4.69, 9.17) is 16.2 Å². The van der Waals surface area contributed by atoms with E-state index in [-0.39, 0.29) is 47.5 Å². The summed E-state index contributed by atoms with van der Waals surface area (Å²) in [5.74, 6) is -1.25. The third-order valence-electron chi connectivity index (χ3n) is 10.8. The number of piperidine rings is 1. The van der Waals surface area contributed by atoms with Crippen molar-refractivity contribution < 1.29 is 18.3 Å². The highest BCUT2D eigenvalue weighted by molar-refractivity contribution is 5.82. The molecule has 4 rings (SSSR count). The Morgan fingerprint density at radius 1 is 1.19 bits per heavy atom. The van der Waals surface area contributed by atoms with Crippen LogP contribution in [0.5, 0.6) is 0 Å². The first kappa shape index (κ1) is 33.1. The van der Waals surface area contributed by atoms with E-state index in [1.807, 2.05) is 0 Å². The van der Waals surface area contributed by atoms with Gasteiger partial charge in [0.25, 0.3) is 0 Å². The number of hydrogen-bond acceptors (Lipinski definition) is 7. The van der Waals surface area contributed by atoms with Crippen molar-refractivity contribution in [1.82, 2.24) is 20.9 Å². The maximum atomic E-state index is 15.3. The van der Waals surface area contributed by atoms with Gasteiger partial charge in [-0.3, -0.25) is 4.79 Å². The minimum absolute atomic E-state index is 0.0974. The van der Waals surface area contributed by atoms with Crippen LogP contribution in [0.3, 0.4) is 0 Å². The minimum atomic E-state index is -1.36. The van der Waals surface area contributed by atoms with Gasteiger partial charge < -0.3 is 37.1 Å². The lowest BCUT2D eigenvalue weighted by Crippen LogP contribution is -2.64. The van der Waals surface area contributed by atoms with E-state index in [2.05, 4.69) is 41.7 Å². The van der Waals surface area contributed by atoms with Crippen molar-refractivity contribution >= 4 is 5.91 Å². The summed E-state index contributed by atoms with van der Waals surface area (Å²) in [5, 5.41) is 9.42. The Morgan fingerprint density at radius 3 is 2.52 bits per heavy atom. The number of unbranched alkanes of at least 4 members (excludes halogenated alkanes) is 1. The average Bonchev–Trinajstić information content (AvgIpc) is 3.22. The van der Waals surface area contributed by atoms with E-state index in [1.165, 1.54) is 19.0 Å². The van der Waals surface area contributed by atoms with Crippen molar-refractivity contribution in [3.8, 4) is 0 Å². The Bertz CT molecular complexity index is 959. The number of nitrogens with zero attached hydrogens (tertiary/aromatic N) is 1. The first-order valence-corrected chi connectivity index (χ1v) is 16.5. The molecule has 1 aliphatic carbocycles. The van der Waals surface area contributed by atoms with Gasteiger partial charge in [0, 0.05) is 44.8 Å². The van der Waals surface area contributed by atoms with Crippen LogP contribution < -0.4 is 27.4 Å². The fourth-order valence-corrected chi connectivity index (χ4v) is 8.11. The predicted octanol–water partition coefficient (Wildman–Crippen LogP) is 4.33. The number of hydrogen-bond donors (Lipinski definition) is 5. The van der Waals surface area contributed by atoms with Crippen LogP contribution in [0.15, 0.2) is 23.5 Å². The Hall–Kier alpha value is -1.75. The SMILES string of the molecule is CCCCC1(C)C(C(C(=O)NC2=C(OC3CCN(C)CC3)C(F)CNC2)C(N)N)N/C=C(/F)CCC12CCCCCC2. The molecule has 0 radical (unpaired) electrons. The van der Waals surface area contributed by atoms with Gasteiger partial charge in [0.15, 0.2) is 11.9 Å². The zero-order valence-corrected chi connectivity index (χ0v) is 26.2. The maximum absolute atomic E-state index is 15.3. The second-order valence-electron chi connectivity index (χ2n) is 13.6. The van der Waals surface area contributed by atoms with Crippen LogP contribution in [0.2, 0.25) is 0 Å². The molecule has 0 aromatic heterocycles. The molecule has 3 aliphatic heterocycles. The van der Waals surface area contributed by atoms with Crippen LogP contribution >= 0.6 is 0 Å². The Labute approximate surface area is 251 Å². The van der Waals surface area contributed by atoms with Crippen molar-refractivity contribution in [3.63, 3.8) is 0 Å². The zero-order chi connectivity index (χ0) is 30.3. The Morgan fingerprint density at radius 2 is 1.88 bits per heavy atom. The van der Waals surface area contributed by atoms with Crippen molar-refractivity contribution in [3.05, 3.63) is 23.5 Å². The summed E-state index contributed by atoms with van der Waals surface area (Å²) < 4.78 is 36.6. The van der Waals surface area contributed by atoms with Gasteiger partial charge in [-0.15, -0.1) is 0 Å². The number of carbonyl (C=O) groups excluding carboxylic acids is 1. The number of carbonyl (C=O) groups is 1. The molecule has 4 unspecified atom stereocenters. The highest BCUT2D eigenvalue weighted by atomic mass is 19.1. The number of ether oxygens (including phenoxy) is 1. The van der Waals surface area contributed by atoms with Gasteiger partial charge in [-0.2, -0.15) is 0 Å². The molecule has 1 amide bonds. The Kier molecular flexibility index (Phi) is 11.7. The fourth-order valence-electron chi connectivity index (χ4n) is 8.11. The highest BCUT2D eigenvalue weighted by Gasteiger charge is 2.55. The van der Waals surface area contributed by atoms with E-state index in [0.717, 1.165) is 77.3 Å². The molecule has 0 bridgehead atoms.